The average molecular weight is 254 g/mol. The molecule has 3 nitrogen and oxygen atoms in total. The summed E-state index contributed by atoms with van der Waals surface area (Å²) in [7, 11) is 4.37. The maximum Gasteiger partial charge on any atom is 0.0701 e. The maximum absolute atomic E-state index is 5.83. The number of hydrogen-bond acceptors (Lipinski definition) is 3. The van der Waals surface area contributed by atoms with Gasteiger partial charge in [-0.2, -0.15) is 0 Å². The number of ether oxygens (including phenoxy) is 1. The number of nitrogens with one attached hydrogen (secondary N) is 1. The molecule has 1 saturated heterocycles. The smallest absolute Gasteiger partial charge is 0.0701 e. The van der Waals surface area contributed by atoms with Crippen LogP contribution in [-0.2, 0) is 4.74 Å². The molecule has 0 bridgehead atoms. The van der Waals surface area contributed by atoms with Crippen molar-refractivity contribution < 1.29 is 4.74 Å². The molecule has 18 heavy (non-hydrogen) atoms. The number of nitrogens with zero attached hydrogens (tertiary/aromatic N) is 1. The van der Waals surface area contributed by atoms with Crippen molar-refractivity contribution in [3.63, 3.8) is 0 Å². The monoisotopic (exact) mass is 254 g/mol. The molecule has 1 saturated carbocycles. The highest BCUT2D eigenvalue weighted by Crippen LogP contribution is 2.28. The Morgan fingerprint density at radius 2 is 1.89 bits per heavy atom. The van der Waals surface area contributed by atoms with Crippen LogP contribution in [0, 0.1) is 5.92 Å². The van der Waals surface area contributed by atoms with E-state index in [0.29, 0.717) is 12.1 Å². The minimum absolute atomic E-state index is 0.477. The largest absolute Gasteiger partial charge is 0.377 e. The van der Waals surface area contributed by atoms with Crippen LogP contribution in [0.2, 0.25) is 0 Å². The molecule has 2 rings (SSSR count). The van der Waals surface area contributed by atoms with Crippen LogP contribution in [0.5, 0.6) is 0 Å². The summed E-state index contributed by atoms with van der Waals surface area (Å²) in [6, 6.07) is 0.668. The van der Waals surface area contributed by atoms with E-state index in [1.807, 2.05) is 0 Å². The van der Waals surface area contributed by atoms with Crippen LogP contribution in [0.1, 0.15) is 44.9 Å². The Morgan fingerprint density at radius 1 is 1.17 bits per heavy atom. The predicted molar refractivity (Wildman–Crippen MR) is 75.9 cm³/mol. The van der Waals surface area contributed by atoms with Crippen LogP contribution in [0.3, 0.4) is 0 Å². The Kier molecular flexibility index (Phi) is 5.93. The molecule has 106 valence electrons. The molecule has 3 heteroatoms. The minimum Gasteiger partial charge on any atom is -0.377 e. The van der Waals surface area contributed by atoms with Gasteiger partial charge in [0.15, 0.2) is 0 Å². The molecule has 0 amide bonds. The molecule has 0 spiro atoms. The average Bonchev–Trinajstić information content (AvgIpc) is 2.91. The SMILES string of the molecule is CNC(CN(C)CC1CCCCO1)C1CCCC1. The van der Waals surface area contributed by atoms with Gasteiger partial charge in [-0.15, -0.1) is 0 Å². The first-order chi connectivity index (χ1) is 8.79. The summed E-state index contributed by atoms with van der Waals surface area (Å²) in [5.74, 6) is 0.893. The van der Waals surface area contributed by atoms with E-state index in [-0.39, 0.29) is 0 Å². The zero-order valence-electron chi connectivity index (χ0n) is 12.2. The number of rotatable bonds is 6. The summed E-state index contributed by atoms with van der Waals surface area (Å²) in [4.78, 5) is 2.47. The molecule has 1 aliphatic carbocycles. The molecule has 2 fully saturated rings. The van der Waals surface area contributed by atoms with Gasteiger partial charge in [0.2, 0.25) is 0 Å². The lowest BCUT2D eigenvalue weighted by Crippen LogP contribution is -2.44. The first kappa shape index (κ1) is 14.3. The molecule has 1 N–H and O–H groups in total. The van der Waals surface area contributed by atoms with Crippen LogP contribution in [-0.4, -0.2) is 50.8 Å². The van der Waals surface area contributed by atoms with Gasteiger partial charge in [-0.3, -0.25) is 0 Å². The quantitative estimate of drug-likeness (QED) is 0.787. The first-order valence-electron chi connectivity index (χ1n) is 7.77. The van der Waals surface area contributed by atoms with Gasteiger partial charge >= 0.3 is 0 Å². The van der Waals surface area contributed by atoms with E-state index in [1.54, 1.807) is 0 Å². The fraction of sp³-hybridized carbons (Fsp3) is 1.00. The van der Waals surface area contributed by atoms with Gasteiger partial charge in [0.05, 0.1) is 6.10 Å². The van der Waals surface area contributed by atoms with Gasteiger partial charge in [-0.05, 0) is 52.1 Å². The fourth-order valence-corrected chi connectivity index (χ4v) is 3.55. The molecular weight excluding hydrogens is 224 g/mol. The zero-order chi connectivity index (χ0) is 12.8. The topological polar surface area (TPSA) is 24.5 Å². The van der Waals surface area contributed by atoms with E-state index in [0.717, 1.165) is 19.1 Å². The molecule has 2 aliphatic rings. The van der Waals surface area contributed by atoms with Crippen molar-refractivity contribution in [2.45, 2.75) is 57.1 Å². The van der Waals surface area contributed by atoms with Gasteiger partial charge in [0.1, 0.15) is 0 Å². The van der Waals surface area contributed by atoms with E-state index >= 15 is 0 Å². The predicted octanol–water partition coefficient (Wildman–Crippen LogP) is 2.27. The lowest BCUT2D eigenvalue weighted by Gasteiger charge is -2.31. The van der Waals surface area contributed by atoms with Crippen molar-refractivity contribution >= 4 is 0 Å². The Morgan fingerprint density at radius 3 is 2.50 bits per heavy atom. The summed E-state index contributed by atoms with van der Waals surface area (Å²) < 4.78 is 5.83. The third-order valence-electron chi connectivity index (χ3n) is 4.64. The van der Waals surface area contributed by atoms with Crippen molar-refractivity contribution in [1.29, 1.82) is 0 Å². The molecule has 0 radical (unpaired) electrons. The highest BCUT2D eigenvalue weighted by molar-refractivity contribution is 4.82. The normalized spacial score (nSPS) is 27.8. The van der Waals surface area contributed by atoms with E-state index < -0.39 is 0 Å². The van der Waals surface area contributed by atoms with E-state index in [9.17, 15) is 0 Å². The second kappa shape index (κ2) is 7.46. The van der Waals surface area contributed by atoms with Crippen molar-refractivity contribution in [3.8, 4) is 0 Å². The molecule has 1 heterocycles. The molecular formula is C15H30N2O. The maximum atomic E-state index is 5.83. The summed E-state index contributed by atoms with van der Waals surface area (Å²) in [5, 5.41) is 3.53. The van der Waals surface area contributed by atoms with Crippen molar-refractivity contribution in [2.24, 2.45) is 5.92 Å². The zero-order valence-corrected chi connectivity index (χ0v) is 12.2. The third kappa shape index (κ3) is 4.22. The van der Waals surface area contributed by atoms with Crippen LogP contribution in [0.15, 0.2) is 0 Å². The fourth-order valence-electron chi connectivity index (χ4n) is 3.55. The van der Waals surface area contributed by atoms with E-state index in [1.165, 1.54) is 51.5 Å². The number of likely N-dealkylation sites (N-methyl/N-ethyl adjacent to an activating group) is 2. The summed E-state index contributed by atoms with van der Waals surface area (Å²) in [6.45, 7) is 3.24. The second-order valence-electron chi connectivity index (χ2n) is 6.15. The van der Waals surface area contributed by atoms with Crippen LogP contribution >= 0.6 is 0 Å². The molecule has 0 aromatic carbocycles. The van der Waals surface area contributed by atoms with Crippen LogP contribution in [0.4, 0.5) is 0 Å². The lowest BCUT2D eigenvalue weighted by molar-refractivity contribution is -0.00335. The van der Waals surface area contributed by atoms with E-state index in [4.69, 9.17) is 4.74 Å². The number of hydrogen-bond donors (Lipinski definition) is 1. The summed E-state index contributed by atoms with van der Waals surface area (Å²) in [5.41, 5.74) is 0. The Balaban J connectivity index is 1.72. The standard InChI is InChI=1S/C15H30N2O/c1-16-15(13-7-3-4-8-13)12-17(2)11-14-9-5-6-10-18-14/h13-16H,3-12H2,1-2H3. The lowest BCUT2D eigenvalue weighted by atomic mass is 9.97. The molecule has 1 aliphatic heterocycles. The first-order valence-corrected chi connectivity index (χ1v) is 7.77. The highest BCUT2D eigenvalue weighted by atomic mass is 16.5. The second-order valence-corrected chi connectivity index (χ2v) is 6.15. The molecule has 2 unspecified atom stereocenters. The third-order valence-corrected chi connectivity index (χ3v) is 4.64. The van der Waals surface area contributed by atoms with Crippen LogP contribution < -0.4 is 5.32 Å². The van der Waals surface area contributed by atoms with Gasteiger partial charge in [-0.25, -0.2) is 0 Å². The van der Waals surface area contributed by atoms with Gasteiger partial charge in [-0.1, -0.05) is 12.8 Å². The highest BCUT2D eigenvalue weighted by Gasteiger charge is 2.25. The van der Waals surface area contributed by atoms with Gasteiger partial charge in [0, 0.05) is 25.7 Å². The molecule has 0 aromatic rings. The van der Waals surface area contributed by atoms with Crippen LogP contribution in [0.25, 0.3) is 0 Å². The molecule has 2 atom stereocenters. The van der Waals surface area contributed by atoms with Gasteiger partial charge in [0.25, 0.3) is 0 Å². The minimum atomic E-state index is 0.477. The Hall–Kier alpha value is -0.120. The Labute approximate surface area is 112 Å². The van der Waals surface area contributed by atoms with Gasteiger partial charge < -0.3 is 15.0 Å². The Bertz CT molecular complexity index is 223. The van der Waals surface area contributed by atoms with Crippen molar-refractivity contribution in [1.82, 2.24) is 10.2 Å². The van der Waals surface area contributed by atoms with E-state index in [2.05, 4.69) is 24.3 Å². The summed E-state index contributed by atoms with van der Waals surface area (Å²) in [6.07, 6.45) is 10.0. The van der Waals surface area contributed by atoms with Crippen molar-refractivity contribution in [3.05, 3.63) is 0 Å². The van der Waals surface area contributed by atoms with Crippen molar-refractivity contribution in [2.75, 3.05) is 33.8 Å². The summed E-state index contributed by atoms with van der Waals surface area (Å²) >= 11 is 0. The molecule has 0 aromatic heterocycles.